The zero-order valence-electron chi connectivity index (χ0n) is 11.5. The lowest BCUT2D eigenvalue weighted by Crippen LogP contribution is -2.44. The maximum Gasteiger partial charge on any atom is 0.0671 e. The zero-order valence-corrected chi connectivity index (χ0v) is 11.5. The van der Waals surface area contributed by atoms with Gasteiger partial charge in [-0.1, -0.05) is 37.6 Å². The molecule has 100 valence electrons. The molecule has 2 heterocycles. The summed E-state index contributed by atoms with van der Waals surface area (Å²) in [6.45, 7) is 4.24. The number of hydrogen-bond donors (Lipinski definition) is 1. The van der Waals surface area contributed by atoms with Crippen molar-refractivity contribution in [1.82, 2.24) is 15.4 Å². The number of fused-ring (bicyclic) bond motifs is 1. The van der Waals surface area contributed by atoms with Gasteiger partial charge in [-0.05, 0) is 24.3 Å². The van der Waals surface area contributed by atoms with Gasteiger partial charge in [-0.15, -0.1) is 0 Å². The van der Waals surface area contributed by atoms with Crippen molar-refractivity contribution in [2.45, 2.75) is 32.2 Å². The van der Waals surface area contributed by atoms with E-state index in [1.807, 2.05) is 6.20 Å². The van der Waals surface area contributed by atoms with Crippen molar-refractivity contribution in [3.8, 4) is 0 Å². The Hall–Kier alpha value is -1.45. The van der Waals surface area contributed by atoms with E-state index in [0.29, 0.717) is 6.04 Å². The van der Waals surface area contributed by atoms with E-state index in [1.54, 1.807) is 0 Å². The molecule has 0 spiro atoms. The Bertz CT molecular complexity index is 545. The Morgan fingerprint density at radius 2 is 2.16 bits per heavy atom. The number of nitrogens with one attached hydrogen (secondary N) is 1. The van der Waals surface area contributed by atoms with Crippen molar-refractivity contribution in [3.05, 3.63) is 42.2 Å². The standard InChI is InChI=1S/C16H21N3/c1-2-18-19-12-6-5-9-15(19)16-14-8-4-3-7-13(14)10-11-17-16/h3-4,7-8,10-11,15,18H,2,5-6,9,12H2,1H3. The topological polar surface area (TPSA) is 28.2 Å². The van der Waals surface area contributed by atoms with Crippen LogP contribution in [0.4, 0.5) is 0 Å². The van der Waals surface area contributed by atoms with Gasteiger partial charge in [0, 0.05) is 24.7 Å². The van der Waals surface area contributed by atoms with Crippen LogP contribution in [0.3, 0.4) is 0 Å². The molecule has 1 saturated heterocycles. The van der Waals surface area contributed by atoms with Crippen LogP contribution in [-0.2, 0) is 0 Å². The maximum atomic E-state index is 4.68. The summed E-state index contributed by atoms with van der Waals surface area (Å²) in [5.41, 5.74) is 4.71. The minimum Gasteiger partial charge on any atom is -0.259 e. The molecule has 0 radical (unpaired) electrons. The van der Waals surface area contributed by atoms with Crippen LogP contribution in [-0.4, -0.2) is 23.1 Å². The van der Waals surface area contributed by atoms with Crippen LogP contribution < -0.4 is 5.43 Å². The smallest absolute Gasteiger partial charge is 0.0671 e. The van der Waals surface area contributed by atoms with Crippen molar-refractivity contribution >= 4 is 10.8 Å². The predicted molar refractivity (Wildman–Crippen MR) is 78.7 cm³/mol. The first-order valence-electron chi connectivity index (χ1n) is 7.24. The Morgan fingerprint density at radius 1 is 1.26 bits per heavy atom. The van der Waals surface area contributed by atoms with Gasteiger partial charge >= 0.3 is 0 Å². The largest absolute Gasteiger partial charge is 0.259 e. The fourth-order valence-electron chi connectivity index (χ4n) is 3.02. The minimum absolute atomic E-state index is 0.403. The highest BCUT2D eigenvalue weighted by atomic mass is 15.5. The fourth-order valence-corrected chi connectivity index (χ4v) is 3.02. The van der Waals surface area contributed by atoms with Crippen LogP contribution in [0, 0.1) is 0 Å². The number of hydrogen-bond acceptors (Lipinski definition) is 3. The van der Waals surface area contributed by atoms with Gasteiger partial charge in [-0.3, -0.25) is 10.4 Å². The van der Waals surface area contributed by atoms with Gasteiger partial charge in [-0.25, -0.2) is 5.01 Å². The molecule has 1 unspecified atom stereocenters. The second-order valence-corrected chi connectivity index (χ2v) is 5.13. The molecule has 1 N–H and O–H groups in total. The average Bonchev–Trinajstić information content (AvgIpc) is 2.48. The highest BCUT2D eigenvalue weighted by Gasteiger charge is 2.25. The molecule has 1 aliphatic rings. The molecular formula is C16H21N3. The van der Waals surface area contributed by atoms with Gasteiger partial charge in [0.15, 0.2) is 0 Å². The predicted octanol–water partition coefficient (Wildman–Crippen LogP) is 3.29. The van der Waals surface area contributed by atoms with Crippen molar-refractivity contribution in [2.75, 3.05) is 13.1 Å². The maximum absolute atomic E-state index is 4.68. The van der Waals surface area contributed by atoms with Crippen molar-refractivity contribution < 1.29 is 0 Å². The molecule has 0 bridgehead atoms. The zero-order chi connectivity index (χ0) is 13.1. The van der Waals surface area contributed by atoms with E-state index in [1.165, 1.54) is 35.7 Å². The van der Waals surface area contributed by atoms with E-state index in [0.717, 1.165) is 13.1 Å². The molecule has 1 fully saturated rings. The molecule has 1 atom stereocenters. The third kappa shape index (κ3) is 2.48. The lowest BCUT2D eigenvalue weighted by Gasteiger charge is -2.35. The molecule has 0 aliphatic carbocycles. The van der Waals surface area contributed by atoms with Gasteiger partial charge < -0.3 is 0 Å². The molecule has 3 rings (SSSR count). The van der Waals surface area contributed by atoms with Crippen LogP contribution in [0.25, 0.3) is 10.8 Å². The number of piperidine rings is 1. The summed E-state index contributed by atoms with van der Waals surface area (Å²) >= 11 is 0. The lowest BCUT2D eigenvalue weighted by atomic mass is 9.97. The van der Waals surface area contributed by atoms with Gasteiger partial charge in [0.25, 0.3) is 0 Å². The van der Waals surface area contributed by atoms with Crippen LogP contribution in [0.1, 0.15) is 37.9 Å². The number of nitrogens with zero attached hydrogens (tertiary/aromatic N) is 2. The summed E-state index contributed by atoms with van der Waals surface area (Å²) in [4.78, 5) is 4.68. The van der Waals surface area contributed by atoms with E-state index in [9.17, 15) is 0 Å². The Morgan fingerprint density at radius 3 is 3.05 bits per heavy atom. The molecule has 1 aliphatic heterocycles. The van der Waals surface area contributed by atoms with E-state index >= 15 is 0 Å². The third-order valence-electron chi connectivity index (χ3n) is 3.88. The summed E-state index contributed by atoms with van der Waals surface area (Å²) in [7, 11) is 0. The quantitative estimate of drug-likeness (QED) is 0.912. The van der Waals surface area contributed by atoms with E-state index in [4.69, 9.17) is 0 Å². The molecule has 1 aromatic heterocycles. The number of hydrazine groups is 1. The van der Waals surface area contributed by atoms with Gasteiger partial charge in [0.1, 0.15) is 0 Å². The number of pyridine rings is 1. The number of aromatic nitrogens is 1. The highest BCUT2D eigenvalue weighted by Crippen LogP contribution is 2.32. The molecule has 19 heavy (non-hydrogen) atoms. The number of rotatable bonds is 3. The molecule has 3 heteroatoms. The Kier molecular flexibility index (Phi) is 3.76. The van der Waals surface area contributed by atoms with E-state index in [2.05, 4.69) is 52.7 Å². The van der Waals surface area contributed by atoms with Crippen LogP contribution in [0.2, 0.25) is 0 Å². The molecule has 3 nitrogen and oxygen atoms in total. The van der Waals surface area contributed by atoms with Gasteiger partial charge in [0.05, 0.1) is 11.7 Å². The van der Waals surface area contributed by atoms with Gasteiger partial charge in [-0.2, -0.15) is 0 Å². The summed E-state index contributed by atoms with van der Waals surface area (Å²) in [5.74, 6) is 0. The molecule has 2 aromatic rings. The molecule has 1 aromatic carbocycles. The van der Waals surface area contributed by atoms with Crippen molar-refractivity contribution in [2.24, 2.45) is 0 Å². The molecule has 0 amide bonds. The SMILES string of the molecule is CCNN1CCCCC1c1nccc2ccccc12. The van der Waals surface area contributed by atoms with Crippen LogP contribution in [0.5, 0.6) is 0 Å². The fraction of sp³-hybridized carbons (Fsp3) is 0.438. The molecular weight excluding hydrogens is 234 g/mol. The first-order chi connectivity index (χ1) is 9.40. The first-order valence-corrected chi connectivity index (χ1v) is 7.24. The first kappa shape index (κ1) is 12.6. The second kappa shape index (κ2) is 5.68. The number of benzene rings is 1. The lowest BCUT2D eigenvalue weighted by molar-refractivity contribution is 0.0869. The normalized spacial score (nSPS) is 20.8. The van der Waals surface area contributed by atoms with Crippen LogP contribution in [0.15, 0.2) is 36.5 Å². The van der Waals surface area contributed by atoms with Crippen molar-refractivity contribution in [1.29, 1.82) is 0 Å². The Balaban J connectivity index is 2.02. The Labute approximate surface area is 114 Å². The summed E-state index contributed by atoms with van der Waals surface area (Å²) in [6, 6.07) is 11.1. The van der Waals surface area contributed by atoms with Gasteiger partial charge in [0.2, 0.25) is 0 Å². The van der Waals surface area contributed by atoms with Crippen molar-refractivity contribution in [3.63, 3.8) is 0 Å². The van der Waals surface area contributed by atoms with E-state index < -0.39 is 0 Å². The summed E-state index contributed by atoms with van der Waals surface area (Å²) in [6.07, 6.45) is 5.69. The van der Waals surface area contributed by atoms with E-state index in [-0.39, 0.29) is 0 Å². The minimum atomic E-state index is 0.403. The average molecular weight is 255 g/mol. The monoisotopic (exact) mass is 255 g/mol. The third-order valence-corrected chi connectivity index (χ3v) is 3.88. The van der Waals surface area contributed by atoms with Crippen LogP contribution >= 0.6 is 0 Å². The summed E-state index contributed by atoms with van der Waals surface area (Å²) < 4.78 is 0. The second-order valence-electron chi connectivity index (χ2n) is 5.13. The molecule has 0 saturated carbocycles. The summed E-state index contributed by atoms with van der Waals surface area (Å²) in [5, 5.41) is 4.95. The highest BCUT2D eigenvalue weighted by molar-refractivity contribution is 5.84.